The maximum absolute atomic E-state index is 12.0. The quantitative estimate of drug-likeness (QED) is 0.797. The lowest BCUT2D eigenvalue weighted by Gasteiger charge is -2.33. The number of rotatable bonds is 3. The molecule has 1 saturated carbocycles. The van der Waals surface area contributed by atoms with E-state index >= 15 is 0 Å². The minimum atomic E-state index is -0.463. The highest BCUT2D eigenvalue weighted by Crippen LogP contribution is 2.20. The molecule has 21 heavy (non-hydrogen) atoms. The second-order valence-electron chi connectivity index (χ2n) is 5.37. The van der Waals surface area contributed by atoms with E-state index in [1.807, 2.05) is 6.92 Å². The second kappa shape index (κ2) is 5.97. The summed E-state index contributed by atoms with van der Waals surface area (Å²) in [6.07, 6.45) is 2.81. The van der Waals surface area contributed by atoms with E-state index in [0.717, 1.165) is 30.2 Å². The van der Waals surface area contributed by atoms with E-state index in [-0.39, 0.29) is 6.04 Å². The van der Waals surface area contributed by atoms with E-state index < -0.39 is 11.8 Å². The number of aromatic nitrogens is 2. The summed E-state index contributed by atoms with van der Waals surface area (Å²) in [5.74, 6) is -0.0134. The van der Waals surface area contributed by atoms with E-state index in [4.69, 9.17) is 0 Å². The SMILES string of the molecule is CCc1nsc(N2CCN(C(=O)C(=O)NC3CC3)CC2)n1. The Morgan fingerprint density at radius 2 is 2.00 bits per heavy atom. The van der Waals surface area contributed by atoms with Gasteiger partial charge < -0.3 is 15.1 Å². The van der Waals surface area contributed by atoms with Crippen LogP contribution in [0.2, 0.25) is 0 Å². The molecule has 1 aromatic rings. The van der Waals surface area contributed by atoms with E-state index in [9.17, 15) is 9.59 Å². The third-order valence-corrected chi connectivity index (χ3v) is 4.53. The summed E-state index contributed by atoms with van der Waals surface area (Å²) in [5, 5.41) is 3.64. The molecule has 2 amide bonds. The van der Waals surface area contributed by atoms with Crippen molar-refractivity contribution in [3.8, 4) is 0 Å². The second-order valence-corrected chi connectivity index (χ2v) is 6.10. The number of hydrogen-bond donors (Lipinski definition) is 1. The Labute approximate surface area is 127 Å². The predicted octanol–water partition coefficient (Wildman–Crippen LogP) is 0.0277. The van der Waals surface area contributed by atoms with Gasteiger partial charge in [0.2, 0.25) is 5.13 Å². The van der Waals surface area contributed by atoms with Crippen LogP contribution in [0.25, 0.3) is 0 Å². The van der Waals surface area contributed by atoms with Gasteiger partial charge in [0, 0.05) is 50.2 Å². The van der Waals surface area contributed by atoms with Crippen molar-refractivity contribution in [2.45, 2.75) is 32.2 Å². The molecule has 7 nitrogen and oxygen atoms in total. The number of nitrogens with one attached hydrogen (secondary N) is 1. The summed E-state index contributed by atoms with van der Waals surface area (Å²) in [4.78, 5) is 32.0. The standard InChI is InChI=1S/C13H19N5O2S/c1-2-10-15-13(21-16-10)18-7-5-17(6-8-18)12(20)11(19)14-9-3-4-9/h9H,2-8H2,1H3,(H,14,19). The normalized spacial score (nSPS) is 18.7. The van der Waals surface area contributed by atoms with Gasteiger partial charge in [-0.25, -0.2) is 4.98 Å². The molecule has 0 unspecified atom stereocenters. The monoisotopic (exact) mass is 309 g/mol. The van der Waals surface area contributed by atoms with Crippen LogP contribution >= 0.6 is 11.5 Å². The molecule has 1 N–H and O–H groups in total. The highest BCUT2D eigenvalue weighted by atomic mass is 32.1. The summed E-state index contributed by atoms with van der Waals surface area (Å²) in [5.41, 5.74) is 0. The first-order chi connectivity index (χ1) is 10.2. The van der Waals surface area contributed by atoms with Crippen molar-refractivity contribution < 1.29 is 9.59 Å². The van der Waals surface area contributed by atoms with Gasteiger partial charge in [-0.2, -0.15) is 4.37 Å². The van der Waals surface area contributed by atoms with Crippen molar-refractivity contribution in [1.29, 1.82) is 0 Å². The lowest BCUT2D eigenvalue weighted by molar-refractivity contribution is -0.146. The number of anilines is 1. The van der Waals surface area contributed by atoms with Gasteiger partial charge in [0.25, 0.3) is 0 Å². The van der Waals surface area contributed by atoms with Crippen LogP contribution in [-0.4, -0.2) is 58.3 Å². The van der Waals surface area contributed by atoms with Crippen molar-refractivity contribution in [2.75, 3.05) is 31.1 Å². The fourth-order valence-electron chi connectivity index (χ4n) is 2.24. The number of nitrogens with zero attached hydrogens (tertiary/aromatic N) is 4. The Morgan fingerprint density at radius 3 is 2.57 bits per heavy atom. The predicted molar refractivity (Wildman–Crippen MR) is 79.2 cm³/mol. The van der Waals surface area contributed by atoms with Crippen molar-refractivity contribution in [1.82, 2.24) is 19.6 Å². The Morgan fingerprint density at radius 1 is 1.29 bits per heavy atom. The van der Waals surface area contributed by atoms with Gasteiger partial charge in [0.1, 0.15) is 5.82 Å². The van der Waals surface area contributed by atoms with Crippen LogP contribution in [0.1, 0.15) is 25.6 Å². The molecule has 0 aromatic carbocycles. The highest BCUT2D eigenvalue weighted by molar-refractivity contribution is 7.09. The van der Waals surface area contributed by atoms with Crippen molar-refractivity contribution in [3.05, 3.63) is 5.82 Å². The summed E-state index contributed by atoms with van der Waals surface area (Å²) in [6, 6.07) is 0.219. The average Bonchev–Trinajstić information content (AvgIpc) is 3.19. The lowest BCUT2D eigenvalue weighted by Crippen LogP contribution is -2.53. The average molecular weight is 309 g/mol. The first-order valence-corrected chi connectivity index (χ1v) is 8.12. The molecule has 3 rings (SSSR count). The minimum Gasteiger partial charge on any atom is -0.345 e. The first kappa shape index (κ1) is 14.2. The summed E-state index contributed by atoms with van der Waals surface area (Å²) < 4.78 is 4.28. The van der Waals surface area contributed by atoms with E-state index in [1.165, 1.54) is 11.5 Å². The Balaban J connectivity index is 1.52. The lowest BCUT2D eigenvalue weighted by atomic mass is 10.3. The molecule has 0 spiro atoms. The number of hydrogen-bond acceptors (Lipinski definition) is 6. The van der Waals surface area contributed by atoms with Crippen molar-refractivity contribution in [3.63, 3.8) is 0 Å². The van der Waals surface area contributed by atoms with Crippen molar-refractivity contribution in [2.24, 2.45) is 0 Å². The zero-order valence-electron chi connectivity index (χ0n) is 12.0. The van der Waals surface area contributed by atoms with Gasteiger partial charge in [-0.05, 0) is 12.8 Å². The van der Waals surface area contributed by atoms with Crippen LogP contribution in [0.15, 0.2) is 0 Å². The van der Waals surface area contributed by atoms with Crippen LogP contribution in [0.4, 0.5) is 5.13 Å². The Bertz CT molecular complexity index is 534. The molecular weight excluding hydrogens is 290 g/mol. The van der Waals surface area contributed by atoms with Gasteiger partial charge in [-0.3, -0.25) is 9.59 Å². The van der Waals surface area contributed by atoms with Crippen LogP contribution in [0.5, 0.6) is 0 Å². The molecule has 1 aliphatic heterocycles. The molecule has 0 radical (unpaired) electrons. The number of carbonyl (C=O) groups is 2. The van der Waals surface area contributed by atoms with Crippen LogP contribution in [-0.2, 0) is 16.0 Å². The third kappa shape index (κ3) is 3.31. The summed E-state index contributed by atoms with van der Waals surface area (Å²) in [6.45, 7) is 4.53. The molecule has 2 aliphatic rings. The molecule has 2 fully saturated rings. The van der Waals surface area contributed by atoms with Gasteiger partial charge in [0.15, 0.2) is 0 Å². The fraction of sp³-hybridized carbons (Fsp3) is 0.692. The Hall–Kier alpha value is -1.70. The van der Waals surface area contributed by atoms with Crippen molar-refractivity contribution >= 4 is 28.5 Å². The topological polar surface area (TPSA) is 78.4 Å². The molecule has 8 heteroatoms. The smallest absolute Gasteiger partial charge is 0.312 e. The molecular formula is C13H19N5O2S. The number of carbonyl (C=O) groups excluding carboxylic acids is 2. The van der Waals surface area contributed by atoms with Gasteiger partial charge >= 0.3 is 11.8 Å². The zero-order valence-corrected chi connectivity index (χ0v) is 12.9. The van der Waals surface area contributed by atoms with E-state index in [1.54, 1.807) is 4.90 Å². The summed E-state index contributed by atoms with van der Waals surface area (Å²) >= 11 is 1.40. The number of piperazine rings is 1. The Kier molecular flexibility index (Phi) is 4.05. The van der Waals surface area contributed by atoms with Gasteiger partial charge in [0.05, 0.1) is 0 Å². The first-order valence-electron chi connectivity index (χ1n) is 7.34. The zero-order chi connectivity index (χ0) is 14.8. The van der Waals surface area contributed by atoms with Gasteiger partial charge in [-0.15, -0.1) is 0 Å². The molecule has 1 aromatic heterocycles. The van der Waals surface area contributed by atoms with E-state index in [2.05, 4.69) is 19.6 Å². The van der Waals surface area contributed by atoms with Gasteiger partial charge in [-0.1, -0.05) is 6.92 Å². The number of amides is 2. The maximum Gasteiger partial charge on any atom is 0.312 e. The largest absolute Gasteiger partial charge is 0.345 e. The molecule has 2 heterocycles. The third-order valence-electron chi connectivity index (χ3n) is 3.72. The highest BCUT2D eigenvalue weighted by Gasteiger charge is 2.31. The van der Waals surface area contributed by atoms with E-state index in [0.29, 0.717) is 26.2 Å². The van der Waals surface area contributed by atoms with Crippen LogP contribution in [0.3, 0.4) is 0 Å². The fourth-order valence-corrected chi connectivity index (χ4v) is 3.04. The molecule has 114 valence electrons. The van der Waals surface area contributed by atoms with Crippen LogP contribution < -0.4 is 10.2 Å². The minimum absolute atomic E-state index is 0.219. The number of aryl methyl sites for hydroxylation is 1. The molecule has 1 saturated heterocycles. The van der Waals surface area contributed by atoms with Crippen LogP contribution in [0, 0.1) is 0 Å². The molecule has 0 atom stereocenters. The molecule has 1 aliphatic carbocycles. The maximum atomic E-state index is 12.0. The summed E-state index contributed by atoms with van der Waals surface area (Å²) in [7, 11) is 0. The molecule has 0 bridgehead atoms.